The van der Waals surface area contributed by atoms with Gasteiger partial charge in [-0.3, -0.25) is 9.48 Å². The first-order valence-electron chi connectivity index (χ1n) is 9.16. The molecule has 1 aromatic heterocycles. The quantitative estimate of drug-likeness (QED) is 0.800. The van der Waals surface area contributed by atoms with Crippen LogP contribution in [0, 0.1) is 0 Å². The summed E-state index contributed by atoms with van der Waals surface area (Å²) in [7, 11) is 0. The maximum atomic E-state index is 12.0. The number of carbonyl (C=O) groups excluding carboxylic acids is 1. The smallest absolute Gasteiger partial charge is 0.220 e. The Hall–Kier alpha value is -2.37. The number of nitrogens with one attached hydrogen (secondary N) is 1. The Morgan fingerprint density at radius 1 is 1.20 bits per heavy atom. The van der Waals surface area contributed by atoms with Crippen molar-refractivity contribution in [3.05, 3.63) is 42.2 Å². The summed E-state index contributed by atoms with van der Waals surface area (Å²) >= 11 is 0. The van der Waals surface area contributed by atoms with Crippen LogP contribution in [0.4, 0.5) is 0 Å². The van der Waals surface area contributed by atoms with Crippen molar-refractivity contribution in [2.75, 3.05) is 0 Å². The van der Waals surface area contributed by atoms with Crippen molar-refractivity contribution in [2.45, 2.75) is 64.1 Å². The molecule has 0 unspecified atom stereocenters. The lowest BCUT2D eigenvalue weighted by Gasteiger charge is -2.22. The van der Waals surface area contributed by atoms with E-state index in [0.717, 1.165) is 30.7 Å². The zero-order valence-corrected chi connectivity index (χ0v) is 14.6. The van der Waals surface area contributed by atoms with E-state index in [1.165, 1.54) is 19.3 Å². The molecule has 6 nitrogen and oxygen atoms in total. The summed E-state index contributed by atoms with van der Waals surface area (Å²) < 4.78 is 7.43. The van der Waals surface area contributed by atoms with Crippen molar-refractivity contribution < 1.29 is 9.53 Å². The molecule has 1 aliphatic rings. The molecule has 1 saturated carbocycles. The van der Waals surface area contributed by atoms with Crippen molar-refractivity contribution >= 4 is 5.91 Å². The highest BCUT2D eigenvalue weighted by Crippen LogP contribution is 2.17. The van der Waals surface area contributed by atoms with E-state index < -0.39 is 0 Å². The normalized spacial score (nSPS) is 15.0. The number of hydrogen-bond acceptors (Lipinski definition) is 4. The maximum absolute atomic E-state index is 12.0. The van der Waals surface area contributed by atoms with E-state index in [4.69, 9.17) is 4.74 Å². The third kappa shape index (κ3) is 5.89. The average Bonchev–Trinajstić information content (AvgIpc) is 3.09. The third-order valence-corrected chi connectivity index (χ3v) is 4.48. The molecule has 1 fully saturated rings. The monoisotopic (exact) mass is 342 g/mol. The van der Waals surface area contributed by atoms with Gasteiger partial charge in [-0.25, -0.2) is 0 Å². The largest absolute Gasteiger partial charge is 0.487 e. The molecule has 0 bridgehead atoms. The molecule has 1 aliphatic carbocycles. The second-order valence-corrected chi connectivity index (χ2v) is 6.58. The van der Waals surface area contributed by atoms with Gasteiger partial charge in [0.25, 0.3) is 0 Å². The van der Waals surface area contributed by atoms with Crippen molar-refractivity contribution in [3.8, 4) is 5.75 Å². The topological polar surface area (TPSA) is 69.0 Å². The predicted octanol–water partition coefficient (Wildman–Crippen LogP) is 3.09. The van der Waals surface area contributed by atoms with Gasteiger partial charge in [0.1, 0.15) is 18.1 Å². The van der Waals surface area contributed by atoms with Crippen LogP contribution in [-0.4, -0.2) is 26.9 Å². The minimum absolute atomic E-state index is 0.152. The Labute approximate surface area is 148 Å². The zero-order valence-electron chi connectivity index (χ0n) is 14.6. The number of para-hydroxylation sites is 1. The van der Waals surface area contributed by atoms with Crippen LogP contribution in [0.15, 0.2) is 36.5 Å². The molecule has 2 aromatic rings. The van der Waals surface area contributed by atoms with Gasteiger partial charge in [0, 0.05) is 19.0 Å². The van der Waals surface area contributed by atoms with Gasteiger partial charge in [0.15, 0.2) is 0 Å². The van der Waals surface area contributed by atoms with Crippen LogP contribution in [0.25, 0.3) is 0 Å². The fourth-order valence-corrected chi connectivity index (χ4v) is 3.14. The van der Waals surface area contributed by atoms with Gasteiger partial charge in [0.05, 0.1) is 6.20 Å². The minimum Gasteiger partial charge on any atom is -0.487 e. The summed E-state index contributed by atoms with van der Waals surface area (Å²) in [6.45, 7) is 1.09. The number of aryl methyl sites for hydroxylation is 1. The molecule has 134 valence electrons. The van der Waals surface area contributed by atoms with Crippen LogP contribution in [0.1, 0.15) is 50.6 Å². The number of nitrogens with zero attached hydrogens (tertiary/aromatic N) is 3. The van der Waals surface area contributed by atoms with E-state index in [-0.39, 0.29) is 5.91 Å². The van der Waals surface area contributed by atoms with Gasteiger partial charge in [0.2, 0.25) is 5.91 Å². The average molecular weight is 342 g/mol. The van der Waals surface area contributed by atoms with Gasteiger partial charge in [-0.15, -0.1) is 5.10 Å². The van der Waals surface area contributed by atoms with Crippen LogP contribution >= 0.6 is 0 Å². The minimum atomic E-state index is 0.152. The summed E-state index contributed by atoms with van der Waals surface area (Å²) in [5.74, 6) is 0.969. The zero-order chi connectivity index (χ0) is 17.3. The van der Waals surface area contributed by atoms with E-state index in [0.29, 0.717) is 25.6 Å². The summed E-state index contributed by atoms with van der Waals surface area (Å²) in [5.41, 5.74) is 0.788. The lowest BCUT2D eigenvalue weighted by molar-refractivity contribution is -0.122. The van der Waals surface area contributed by atoms with E-state index in [9.17, 15) is 4.79 Å². The molecule has 0 atom stereocenters. The summed E-state index contributed by atoms with van der Waals surface area (Å²) in [5, 5.41) is 11.4. The van der Waals surface area contributed by atoms with E-state index in [2.05, 4.69) is 15.6 Å². The maximum Gasteiger partial charge on any atom is 0.220 e. The highest BCUT2D eigenvalue weighted by atomic mass is 16.5. The van der Waals surface area contributed by atoms with Crippen molar-refractivity contribution in [1.29, 1.82) is 0 Å². The third-order valence-electron chi connectivity index (χ3n) is 4.48. The molecule has 0 spiro atoms. The number of ether oxygens (including phenoxy) is 1. The Bertz CT molecular complexity index is 650. The van der Waals surface area contributed by atoms with Crippen molar-refractivity contribution in [3.63, 3.8) is 0 Å². The predicted molar refractivity (Wildman–Crippen MR) is 95.0 cm³/mol. The number of carbonyl (C=O) groups is 1. The number of amides is 1. The molecule has 0 aliphatic heterocycles. The van der Waals surface area contributed by atoms with Crippen LogP contribution in [0.2, 0.25) is 0 Å². The molecule has 0 radical (unpaired) electrons. The summed E-state index contributed by atoms with van der Waals surface area (Å²) in [6, 6.07) is 10.0. The SMILES string of the molecule is O=C(CCCn1cc(COc2ccccc2)nn1)NC1CCCCC1. The van der Waals surface area contributed by atoms with Gasteiger partial charge < -0.3 is 10.1 Å². The number of benzene rings is 1. The molecular weight excluding hydrogens is 316 g/mol. The highest BCUT2D eigenvalue weighted by Gasteiger charge is 2.15. The number of hydrogen-bond donors (Lipinski definition) is 1. The highest BCUT2D eigenvalue weighted by molar-refractivity contribution is 5.76. The van der Waals surface area contributed by atoms with Crippen LogP contribution in [-0.2, 0) is 17.9 Å². The standard InChI is InChI=1S/C19H26N4O2/c24-19(20-16-8-3-1-4-9-16)12-7-13-23-14-17(21-22-23)15-25-18-10-5-2-6-11-18/h2,5-6,10-11,14,16H,1,3-4,7-9,12-13,15H2,(H,20,24). The summed E-state index contributed by atoms with van der Waals surface area (Å²) in [4.78, 5) is 12.0. The molecule has 25 heavy (non-hydrogen) atoms. The molecule has 1 amide bonds. The Morgan fingerprint density at radius 2 is 2.00 bits per heavy atom. The fourth-order valence-electron chi connectivity index (χ4n) is 3.14. The van der Waals surface area contributed by atoms with Crippen LogP contribution in [0.5, 0.6) is 5.75 Å². The fraction of sp³-hybridized carbons (Fsp3) is 0.526. The molecule has 3 rings (SSSR count). The molecule has 6 heteroatoms. The van der Waals surface area contributed by atoms with Crippen LogP contribution < -0.4 is 10.1 Å². The molecule has 1 heterocycles. The first-order valence-corrected chi connectivity index (χ1v) is 9.16. The second kappa shape index (κ2) is 9.20. The first-order chi connectivity index (χ1) is 12.3. The van der Waals surface area contributed by atoms with Crippen molar-refractivity contribution in [2.24, 2.45) is 0 Å². The molecule has 1 aromatic carbocycles. The first kappa shape index (κ1) is 17.5. The lowest BCUT2D eigenvalue weighted by atomic mass is 9.95. The number of aromatic nitrogens is 3. The van der Waals surface area contributed by atoms with E-state index >= 15 is 0 Å². The molecule has 0 saturated heterocycles. The van der Waals surface area contributed by atoms with Gasteiger partial charge in [-0.2, -0.15) is 0 Å². The Kier molecular flexibility index (Phi) is 6.42. The van der Waals surface area contributed by atoms with Gasteiger partial charge in [-0.1, -0.05) is 42.7 Å². The van der Waals surface area contributed by atoms with Crippen LogP contribution in [0.3, 0.4) is 0 Å². The molecule has 1 N–H and O–H groups in total. The lowest BCUT2D eigenvalue weighted by Crippen LogP contribution is -2.36. The van der Waals surface area contributed by atoms with Gasteiger partial charge in [-0.05, 0) is 31.4 Å². The molecular formula is C19H26N4O2. The number of rotatable bonds is 8. The van der Waals surface area contributed by atoms with E-state index in [1.54, 1.807) is 4.68 Å². The van der Waals surface area contributed by atoms with E-state index in [1.807, 2.05) is 36.5 Å². The Balaban J connectivity index is 1.34. The summed E-state index contributed by atoms with van der Waals surface area (Å²) in [6.07, 6.45) is 9.19. The van der Waals surface area contributed by atoms with Gasteiger partial charge >= 0.3 is 0 Å². The second-order valence-electron chi connectivity index (χ2n) is 6.58. The Morgan fingerprint density at radius 3 is 2.80 bits per heavy atom. The van der Waals surface area contributed by atoms with Crippen molar-refractivity contribution in [1.82, 2.24) is 20.3 Å².